The van der Waals surface area contributed by atoms with E-state index in [0.717, 1.165) is 38.4 Å². The van der Waals surface area contributed by atoms with E-state index in [-0.39, 0.29) is 21.2 Å². The number of ether oxygens (including phenoxy) is 1. The lowest BCUT2D eigenvalue weighted by Crippen LogP contribution is -2.35. The third-order valence-corrected chi connectivity index (χ3v) is 6.58. The van der Waals surface area contributed by atoms with E-state index in [4.69, 9.17) is 23.2 Å². The molecule has 0 aliphatic rings. The van der Waals surface area contributed by atoms with Crippen LogP contribution in [0.5, 0.6) is 0 Å². The van der Waals surface area contributed by atoms with Crippen LogP contribution in [0.3, 0.4) is 0 Å². The highest BCUT2D eigenvalue weighted by Gasteiger charge is 2.33. The second-order valence-electron chi connectivity index (χ2n) is 6.14. The maximum absolute atomic E-state index is 12.9. The Labute approximate surface area is 185 Å². The van der Waals surface area contributed by atoms with Gasteiger partial charge < -0.3 is 10.1 Å². The minimum absolute atomic E-state index is 0.0232. The fourth-order valence-corrected chi connectivity index (χ4v) is 4.30. The van der Waals surface area contributed by atoms with E-state index in [0.29, 0.717) is 10.4 Å². The highest BCUT2D eigenvalue weighted by Crippen LogP contribution is 2.36. The second-order valence-corrected chi connectivity index (χ2v) is 8.97. The topological polar surface area (TPSA) is 92.8 Å². The number of benzene rings is 2. The number of halogens is 5. The first-order valence-corrected chi connectivity index (χ1v) is 10.5. The van der Waals surface area contributed by atoms with Crippen molar-refractivity contribution in [3.63, 3.8) is 0 Å². The first-order chi connectivity index (χ1) is 14.3. The summed E-state index contributed by atoms with van der Waals surface area (Å²) in [6, 6.07) is 6.10. The summed E-state index contributed by atoms with van der Waals surface area (Å²) >= 11 is 11.5. The highest BCUT2D eigenvalue weighted by molar-refractivity contribution is 7.89. The molecule has 31 heavy (non-hydrogen) atoms. The standard InChI is InChI=1S/C18H15Cl2F3N2O5S/c1-25(31(28,29)15-6-3-10(7-14(15)20)17(27)30-2)9-16(26)24-11-4-5-13(19)12(8-11)18(21,22)23/h3-8H,9H2,1-2H3,(H,24,26). The molecule has 0 atom stereocenters. The molecule has 0 aromatic heterocycles. The molecule has 0 unspecified atom stereocenters. The number of carbonyl (C=O) groups is 2. The van der Waals surface area contributed by atoms with Gasteiger partial charge in [0, 0.05) is 12.7 Å². The van der Waals surface area contributed by atoms with Crippen LogP contribution in [0.2, 0.25) is 10.0 Å². The van der Waals surface area contributed by atoms with E-state index in [1.807, 2.05) is 0 Å². The van der Waals surface area contributed by atoms with Gasteiger partial charge in [0.1, 0.15) is 4.90 Å². The first-order valence-electron chi connectivity index (χ1n) is 8.28. The number of alkyl halides is 3. The molecule has 2 rings (SSSR count). The summed E-state index contributed by atoms with van der Waals surface area (Å²) in [5, 5.41) is 1.36. The van der Waals surface area contributed by atoms with Crippen LogP contribution >= 0.6 is 23.2 Å². The molecule has 0 saturated carbocycles. The Morgan fingerprint density at radius 1 is 1.10 bits per heavy atom. The molecule has 0 bridgehead atoms. The number of amides is 1. The number of rotatable bonds is 6. The van der Waals surface area contributed by atoms with E-state index in [9.17, 15) is 31.2 Å². The van der Waals surface area contributed by atoms with Gasteiger partial charge in [0.25, 0.3) is 0 Å². The maximum Gasteiger partial charge on any atom is 0.417 e. The zero-order valence-corrected chi connectivity index (χ0v) is 18.3. The second kappa shape index (κ2) is 9.43. The highest BCUT2D eigenvalue weighted by atomic mass is 35.5. The molecular weight excluding hydrogens is 484 g/mol. The van der Waals surface area contributed by atoms with Crippen molar-refractivity contribution in [3.8, 4) is 0 Å². The number of nitrogens with one attached hydrogen (secondary N) is 1. The molecule has 0 aliphatic carbocycles. The lowest BCUT2D eigenvalue weighted by Gasteiger charge is -2.18. The van der Waals surface area contributed by atoms with E-state index < -0.39 is 45.2 Å². The van der Waals surface area contributed by atoms with Gasteiger partial charge in [-0.1, -0.05) is 23.2 Å². The first kappa shape index (κ1) is 24.9. The van der Waals surface area contributed by atoms with Gasteiger partial charge >= 0.3 is 12.1 Å². The molecule has 7 nitrogen and oxygen atoms in total. The third kappa shape index (κ3) is 5.88. The number of anilines is 1. The minimum atomic E-state index is -4.73. The fraction of sp³-hybridized carbons (Fsp3) is 0.222. The number of sulfonamides is 1. The number of methoxy groups -OCH3 is 1. The van der Waals surface area contributed by atoms with Gasteiger partial charge in [-0.2, -0.15) is 17.5 Å². The molecule has 0 heterocycles. The Balaban J connectivity index is 2.18. The van der Waals surface area contributed by atoms with Crippen LogP contribution < -0.4 is 5.32 Å². The molecule has 0 fully saturated rings. The zero-order chi connectivity index (χ0) is 23.6. The molecule has 1 amide bonds. The zero-order valence-electron chi connectivity index (χ0n) is 16.0. The van der Waals surface area contributed by atoms with Crippen LogP contribution in [0, 0.1) is 0 Å². The van der Waals surface area contributed by atoms with E-state index in [2.05, 4.69) is 10.1 Å². The van der Waals surface area contributed by atoms with Crippen molar-refractivity contribution in [2.45, 2.75) is 11.1 Å². The smallest absolute Gasteiger partial charge is 0.417 e. The third-order valence-electron chi connectivity index (χ3n) is 3.96. The predicted molar refractivity (Wildman–Crippen MR) is 108 cm³/mol. The van der Waals surface area contributed by atoms with Crippen molar-refractivity contribution in [1.82, 2.24) is 4.31 Å². The summed E-state index contributed by atoms with van der Waals surface area (Å²) in [6.45, 7) is -0.721. The van der Waals surface area contributed by atoms with Crippen molar-refractivity contribution in [3.05, 3.63) is 57.6 Å². The van der Waals surface area contributed by atoms with Crippen molar-refractivity contribution < 1.29 is 35.9 Å². The van der Waals surface area contributed by atoms with Crippen molar-refractivity contribution in [2.24, 2.45) is 0 Å². The Bertz CT molecular complexity index is 1120. The molecule has 0 saturated heterocycles. The molecule has 0 spiro atoms. The molecule has 13 heteroatoms. The Morgan fingerprint density at radius 2 is 1.74 bits per heavy atom. The largest absolute Gasteiger partial charge is 0.465 e. The summed E-state index contributed by atoms with van der Waals surface area (Å²) in [7, 11) is -2.03. The molecule has 0 radical (unpaired) electrons. The molecule has 2 aromatic rings. The van der Waals surface area contributed by atoms with Gasteiger partial charge in [0.15, 0.2) is 0 Å². The van der Waals surface area contributed by atoms with Crippen LogP contribution in [0.4, 0.5) is 18.9 Å². The van der Waals surface area contributed by atoms with Crippen LogP contribution in [0.25, 0.3) is 0 Å². The fourth-order valence-electron chi connectivity index (χ4n) is 2.43. The summed E-state index contributed by atoms with van der Waals surface area (Å²) in [5.41, 5.74) is -1.34. The Morgan fingerprint density at radius 3 is 2.29 bits per heavy atom. The Hall–Kier alpha value is -2.34. The number of likely N-dealkylation sites (N-methyl/N-ethyl adjacent to an activating group) is 1. The summed E-state index contributed by atoms with van der Waals surface area (Å²) in [6.07, 6.45) is -4.73. The normalized spacial score (nSPS) is 12.0. The lowest BCUT2D eigenvalue weighted by atomic mass is 10.2. The number of nitrogens with zero attached hydrogens (tertiary/aromatic N) is 1. The van der Waals surface area contributed by atoms with Gasteiger partial charge in [0.2, 0.25) is 15.9 Å². The molecule has 168 valence electrons. The number of hydrogen-bond donors (Lipinski definition) is 1. The monoisotopic (exact) mass is 498 g/mol. The molecular formula is C18H15Cl2F3N2O5S. The van der Waals surface area contributed by atoms with Gasteiger partial charge in [-0.3, -0.25) is 4.79 Å². The maximum atomic E-state index is 12.9. The van der Waals surface area contributed by atoms with Crippen molar-refractivity contribution >= 4 is 50.8 Å². The molecule has 0 aliphatic heterocycles. The lowest BCUT2D eigenvalue weighted by molar-refractivity contribution is -0.137. The minimum Gasteiger partial charge on any atom is -0.465 e. The van der Waals surface area contributed by atoms with Crippen molar-refractivity contribution in [2.75, 3.05) is 26.0 Å². The summed E-state index contributed by atoms with van der Waals surface area (Å²) in [5.74, 6) is -1.62. The van der Waals surface area contributed by atoms with E-state index >= 15 is 0 Å². The van der Waals surface area contributed by atoms with Gasteiger partial charge in [-0.05, 0) is 36.4 Å². The summed E-state index contributed by atoms with van der Waals surface area (Å²) < 4.78 is 69.4. The predicted octanol–water partition coefficient (Wildman–Crippen LogP) is 4.06. The van der Waals surface area contributed by atoms with Crippen molar-refractivity contribution in [1.29, 1.82) is 0 Å². The van der Waals surface area contributed by atoms with Gasteiger partial charge in [0.05, 0.1) is 34.8 Å². The van der Waals surface area contributed by atoms with Gasteiger partial charge in [-0.25, -0.2) is 13.2 Å². The van der Waals surface area contributed by atoms with E-state index in [1.54, 1.807) is 0 Å². The van der Waals surface area contributed by atoms with Gasteiger partial charge in [-0.15, -0.1) is 0 Å². The van der Waals surface area contributed by atoms with Crippen LogP contribution in [0.15, 0.2) is 41.3 Å². The average molecular weight is 499 g/mol. The van der Waals surface area contributed by atoms with Crippen LogP contribution in [0.1, 0.15) is 15.9 Å². The summed E-state index contributed by atoms with van der Waals surface area (Å²) in [4.78, 5) is 23.3. The molecule has 1 N–H and O–H groups in total. The molecule has 2 aromatic carbocycles. The van der Waals surface area contributed by atoms with Crippen LogP contribution in [-0.2, 0) is 25.7 Å². The number of hydrogen-bond acceptors (Lipinski definition) is 5. The number of carbonyl (C=O) groups excluding carboxylic acids is 2. The number of esters is 1. The SMILES string of the molecule is COC(=O)c1ccc(S(=O)(=O)N(C)CC(=O)Nc2ccc(Cl)c(C(F)(F)F)c2)c(Cl)c1. The van der Waals surface area contributed by atoms with Crippen LogP contribution in [-0.4, -0.2) is 45.3 Å². The average Bonchev–Trinajstić information content (AvgIpc) is 2.67. The Kier molecular flexibility index (Phi) is 7.58. The quantitative estimate of drug-likeness (QED) is 0.606. The van der Waals surface area contributed by atoms with E-state index in [1.165, 1.54) is 6.07 Å².